The van der Waals surface area contributed by atoms with Crippen LogP contribution >= 0.6 is 11.8 Å². The van der Waals surface area contributed by atoms with Gasteiger partial charge in [0.1, 0.15) is 10.8 Å². The Morgan fingerprint density at radius 3 is 2.73 bits per heavy atom. The van der Waals surface area contributed by atoms with Gasteiger partial charge in [-0.1, -0.05) is 30.0 Å². The van der Waals surface area contributed by atoms with Gasteiger partial charge < -0.3 is 10.1 Å². The summed E-state index contributed by atoms with van der Waals surface area (Å²) in [4.78, 5) is 33.7. The van der Waals surface area contributed by atoms with E-state index in [1.165, 1.54) is 11.8 Å². The van der Waals surface area contributed by atoms with Crippen LogP contribution in [-0.2, 0) is 30.6 Å². The summed E-state index contributed by atoms with van der Waals surface area (Å²) >= 11 is 1.36. The summed E-state index contributed by atoms with van der Waals surface area (Å²) in [6, 6.07) is 11.7. The maximum atomic E-state index is 12.8. The fraction of sp³-hybridized carbons (Fsp3) is 0.360. The van der Waals surface area contributed by atoms with Crippen molar-refractivity contribution in [3.05, 3.63) is 81.7 Å². The lowest BCUT2D eigenvalue weighted by atomic mass is 9.97. The van der Waals surface area contributed by atoms with Gasteiger partial charge in [-0.15, -0.1) is 0 Å². The topological polar surface area (TPSA) is 86.1 Å². The van der Waals surface area contributed by atoms with Gasteiger partial charge >= 0.3 is 5.69 Å². The fourth-order valence-electron chi connectivity index (χ4n) is 4.03. The molecule has 1 amide bonds. The fourth-order valence-corrected chi connectivity index (χ4v) is 4.93. The van der Waals surface area contributed by atoms with E-state index in [1.807, 2.05) is 36.4 Å². The number of hydrogen-bond acceptors (Lipinski definition) is 6. The molecule has 0 saturated heterocycles. The van der Waals surface area contributed by atoms with Gasteiger partial charge in [0.15, 0.2) is 0 Å². The van der Waals surface area contributed by atoms with Crippen LogP contribution in [0.1, 0.15) is 35.2 Å². The molecule has 8 heteroatoms. The molecule has 0 radical (unpaired) electrons. The van der Waals surface area contributed by atoms with Crippen LogP contribution in [0.4, 0.5) is 0 Å². The molecular formula is C25H28N4O3S. The van der Waals surface area contributed by atoms with Crippen LogP contribution in [0.2, 0.25) is 0 Å². The number of methoxy groups -OCH3 is 1. The number of fused-ring (bicyclic) bond motifs is 1. The first-order chi connectivity index (χ1) is 16.1. The molecule has 0 spiro atoms. The molecule has 1 aromatic carbocycles. The van der Waals surface area contributed by atoms with E-state index in [1.54, 1.807) is 24.1 Å². The SMILES string of the molecule is COc1ccc(CCNC(=O)CSc2nc(=O)n(Cc3cccnc3)c3c2CCCC3)cc1. The van der Waals surface area contributed by atoms with Crippen LogP contribution in [0.3, 0.4) is 0 Å². The molecule has 0 bridgehead atoms. The van der Waals surface area contributed by atoms with Gasteiger partial charge in [0.25, 0.3) is 0 Å². The maximum Gasteiger partial charge on any atom is 0.349 e. The number of rotatable bonds is 9. The molecular weight excluding hydrogens is 436 g/mol. The van der Waals surface area contributed by atoms with Crippen molar-refractivity contribution in [3.63, 3.8) is 0 Å². The van der Waals surface area contributed by atoms with E-state index in [4.69, 9.17) is 4.74 Å². The van der Waals surface area contributed by atoms with Crippen molar-refractivity contribution >= 4 is 17.7 Å². The zero-order chi connectivity index (χ0) is 23.0. The largest absolute Gasteiger partial charge is 0.497 e. The van der Waals surface area contributed by atoms with E-state index in [-0.39, 0.29) is 17.3 Å². The lowest BCUT2D eigenvalue weighted by molar-refractivity contribution is -0.118. The molecule has 0 saturated carbocycles. The number of nitrogens with one attached hydrogen (secondary N) is 1. The van der Waals surface area contributed by atoms with Crippen molar-refractivity contribution in [1.82, 2.24) is 19.9 Å². The summed E-state index contributed by atoms with van der Waals surface area (Å²) in [5, 5.41) is 3.66. The summed E-state index contributed by atoms with van der Waals surface area (Å²) in [6.45, 7) is 1.03. The molecule has 0 fully saturated rings. The Hall–Kier alpha value is -3.13. The van der Waals surface area contributed by atoms with Crippen LogP contribution in [0, 0.1) is 0 Å². The first-order valence-electron chi connectivity index (χ1n) is 11.2. The molecule has 3 aromatic rings. The van der Waals surface area contributed by atoms with Crippen LogP contribution in [0.5, 0.6) is 5.75 Å². The van der Waals surface area contributed by atoms with Crippen LogP contribution in [0.25, 0.3) is 0 Å². The Kier molecular flexibility index (Phi) is 7.78. The number of ether oxygens (including phenoxy) is 1. The number of nitrogens with zero attached hydrogens (tertiary/aromatic N) is 3. The van der Waals surface area contributed by atoms with Gasteiger partial charge in [-0.25, -0.2) is 4.79 Å². The Bertz CT molecular complexity index is 1150. The van der Waals surface area contributed by atoms with Gasteiger partial charge in [-0.2, -0.15) is 4.98 Å². The summed E-state index contributed by atoms with van der Waals surface area (Å²) in [5.74, 6) is 1.01. The number of hydrogen-bond donors (Lipinski definition) is 1. The molecule has 2 aromatic heterocycles. The van der Waals surface area contributed by atoms with Crippen molar-refractivity contribution < 1.29 is 9.53 Å². The monoisotopic (exact) mass is 464 g/mol. The summed E-state index contributed by atoms with van der Waals surface area (Å²) in [7, 11) is 1.64. The third-order valence-electron chi connectivity index (χ3n) is 5.75. The van der Waals surface area contributed by atoms with Gasteiger partial charge in [0.2, 0.25) is 5.91 Å². The van der Waals surface area contributed by atoms with Gasteiger partial charge in [0, 0.05) is 30.2 Å². The second-order valence-electron chi connectivity index (χ2n) is 8.02. The van der Waals surface area contributed by atoms with Crippen LogP contribution < -0.4 is 15.7 Å². The van der Waals surface area contributed by atoms with E-state index in [0.29, 0.717) is 18.1 Å². The number of benzene rings is 1. The lowest BCUT2D eigenvalue weighted by Crippen LogP contribution is -2.31. The first-order valence-corrected chi connectivity index (χ1v) is 12.2. The van der Waals surface area contributed by atoms with Gasteiger partial charge in [-0.3, -0.25) is 14.3 Å². The van der Waals surface area contributed by atoms with Crippen LogP contribution in [-0.4, -0.2) is 39.8 Å². The third kappa shape index (κ3) is 6.01. The minimum atomic E-state index is -0.262. The molecule has 1 aliphatic carbocycles. The van der Waals surface area contributed by atoms with E-state index in [0.717, 1.165) is 60.2 Å². The number of thioether (sulfide) groups is 1. The predicted molar refractivity (Wildman–Crippen MR) is 129 cm³/mol. The number of carbonyl (C=O) groups is 1. The van der Waals surface area contributed by atoms with E-state index in [2.05, 4.69) is 15.3 Å². The minimum absolute atomic E-state index is 0.0561. The van der Waals surface area contributed by atoms with Gasteiger partial charge in [-0.05, 0) is 61.4 Å². The highest BCUT2D eigenvalue weighted by Gasteiger charge is 2.21. The van der Waals surface area contributed by atoms with Crippen molar-refractivity contribution in [3.8, 4) is 5.75 Å². The standard InChI is InChI=1S/C25H28N4O3S/c1-32-20-10-8-18(9-11-20)12-14-27-23(30)17-33-24-21-6-2-3-7-22(21)29(25(31)28-24)16-19-5-4-13-26-15-19/h4-5,8-11,13,15H,2-3,6-7,12,14,16-17H2,1H3,(H,27,30). The smallest absolute Gasteiger partial charge is 0.349 e. The van der Waals surface area contributed by atoms with E-state index >= 15 is 0 Å². The van der Waals surface area contributed by atoms with Crippen LogP contribution in [0.15, 0.2) is 58.6 Å². The molecule has 4 rings (SSSR count). The lowest BCUT2D eigenvalue weighted by Gasteiger charge is -2.22. The molecule has 1 N–H and O–H groups in total. The second kappa shape index (κ2) is 11.1. The molecule has 0 unspecified atom stereocenters. The quantitative estimate of drug-likeness (QED) is 0.387. The highest BCUT2D eigenvalue weighted by Crippen LogP contribution is 2.28. The molecule has 7 nitrogen and oxygen atoms in total. The van der Waals surface area contributed by atoms with Crippen molar-refractivity contribution in [1.29, 1.82) is 0 Å². The van der Waals surface area contributed by atoms with Crippen molar-refractivity contribution in [2.45, 2.75) is 43.7 Å². The van der Waals surface area contributed by atoms with Crippen molar-refractivity contribution in [2.75, 3.05) is 19.4 Å². The average molecular weight is 465 g/mol. The minimum Gasteiger partial charge on any atom is -0.497 e. The average Bonchev–Trinajstić information content (AvgIpc) is 2.86. The summed E-state index contributed by atoms with van der Waals surface area (Å²) in [5.41, 5.74) is 4.01. The molecule has 33 heavy (non-hydrogen) atoms. The zero-order valence-corrected chi connectivity index (χ0v) is 19.6. The Morgan fingerprint density at radius 2 is 1.97 bits per heavy atom. The third-order valence-corrected chi connectivity index (χ3v) is 6.77. The Labute approximate surface area is 197 Å². The highest BCUT2D eigenvalue weighted by atomic mass is 32.2. The first kappa shape index (κ1) is 23.0. The number of amides is 1. The Balaban J connectivity index is 1.38. The zero-order valence-electron chi connectivity index (χ0n) is 18.8. The molecule has 172 valence electrons. The molecule has 0 atom stereocenters. The highest BCUT2D eigenvalue weighted by molar-refractivity contribution is 7.99. The maximum absolute atomic E-state index is 12.8. The second-order valence-corrected chi connectivity index (χ2v) is 8.98. The number of carbonyl (C=O) groups excluding carboxylic acids is 1. The van der Waals surface area contributed by atoms with E-state index < -0.39 is 0 Å². The molecule has 1 aliphatic rings. The number of aromatic nitrogens is 3. The summed E-state index contributed by atoms with van der Waals surface area (Å²) < 4.78 is 6.93. The molecule has 2 heterocycles. The molecule has 0 aliphatic heterocycles. The predicted octanol–water partition coefficient (Wildman–Crippen LogP) is 3.03. The number of pyridine rings is 1. The van der Waals surface area contributed by atoms with Crippen molar-refractivity contribution in [2.24, 2.45) is 0 Å². The van der Waals surface area contributed by atoms with E-state index in [9.17, 15) is 9.59 Å². The van der Waals surface area contributed by atoms with Gasteiger partial charge in [0.05, 0.1) is 19.4 Å². The summed E-state index contributed by atoms with van der Waals surface area (Å²) in [6.07, 6.45) is 8.12. The normalized spacial score (nSPS) is 12.8. The Morgan fingerprint density at radius 1 is 1.15 bits per heavy atom.